The van der Waals surface area contributed by atoms with Crippen LogP contribution in [0.3, 0.4) is 0 Å². The predicted octanol–water partition coefficient (Wildman–Crippen LogP) is 0.405. The van der Waals surface area contributed by atoms with Crippen LogP contribution < -0.4 is 20.1 Å². The van der Waals surface area contributed by atoms with Gasteiger partial charge in [-0.3, -0.25) is 4.79 Å². The number of fused-ring (bicyclic) bond motifs is 2. The molecule has 3 atom stereocenters. The highest BCUT2D eigenvalue weighted by Gasteiger charge is 2.53. The van der Waals surface area contributed by atoms with E-state index in [1.807, 2.05) is 12.1 Å². The molecule has 3 aliphatic rings. The molecule has 1 aromatic rings. The van der Waals surface area contributed by atoms with E-state index in [1.54, 1.807) is 6.07 Å². The lowest BCUT2D eigenvalue weighted by molar-refractivity contribution is 0.0935. The lowest BCUT2D eigenvalue weighted by Crippen LogP contribution is -2.33. The van der Waals surface area contributed by atoms with Gasteiger partial charge in [0, 0.05) is 19.1 Å². The molecule has 0 radical (unpaired) electrons. The quantitative estimate of drug-likeness (QED) is 0.808. The second kappa shape index (κ2) is 4.13. The molecular weight excluding hydrogens is 244 g/mol. The molecule has 0 aromatic heterocycles. The van der Waals surface area contributed by atoms with Crippen molar-refractivity contribution in [1.82, 2.24) is 10.6 Å². The number of hydrogen-bond acceptors (Lipinski definition) is 4. The first-order chi connectivity index (χ1) is 9.34. The van der Waals surface area contributed by atoms with Gasteiger partial charge >= 0.3 is 0 Å². The summed E-state index contributed by atoms with van der Waals surface area (Å²) in [5.74, 6) is 2.41. The summed E-state index contributed by atoms with van der Waals surface area (Å²) in [6.07, 6.45) is 0. The van der Waals surface area contributed by atoms with Crippen molar-refractivity contribution in [3.05, 3.63) is 23.8 Å². The topological polar surface area (TPSA) is 59.6 Å². The molecule has 2 heterocycles. The number of carbonyl (C=O) groups is 1. The molecule has 5 heteroatoms. The third kappa shape index (κ3) is 1.76. The molecule has 1 aliphatic carbocycles. The smallest absolute Gasteiger partial charge is 0.255 e. The minimum atomic E-state index is -0.0539. The molecule has 5 nitrogen and oxygen atoms in total. The number of para-hydroxylation sites is 1. The number of ether oxygens (including phenoxy) is 2. The first kappa shape index (κ1) is 11.1. The minimum absolute atomic E-state index is 0.0539. The number of carbonyl (C=O) groups excluding carboxylic acids is 1. The van der Waals surface area contributed by atoms with Crippen molar-refractivity contribution >= 4 is 5.91 Å². The first-order valence-electron chi connectivity index (χ1n) is 6.75. The van der Waals surface area contributed by atoms with Gasteiger partial charge in [0.1, 0.15) is 13.2 Å². The number of hydrogen-bond donors (Lipinski definition) is 2. The average Bonchev–Trinajstić information content (AvgIpc) is 2.88. The minimum Gasteiger partial charge on any atom is -0.486 e. The van der Waals surface area contributed by atoms with E-state index in [4.69, 9.17) is 9.47 Å². The summed E-state index contributed by atoms with van der Waals surface area (Å²) in [7, 11) is 0. The van der Waals surface area contributed by atoms with Crippen LogP contribution in [0.1, 0.15) is 10.4 Å². The number of benzene rings is 1. The Morgan fingerprint density at radius 1 is 1.21 bits per heavy atom. The monoisotopic (exact) mass is 260 g/mol. The Bertz CT molecular complexity index is 521. The summed E-state index contributed by atoms with van der Waals surface area (Å²) in [6.45, 7) is 3.07. The SMILES string of the molecule is O=C(NC1[C@H]2CNC[C@@H]12)c1cccc2c1OCCO2. The molecule has 1 unspecified atom stereocenters. The van der Waals surface area contributed by atoms with Crippen LogP contribution in [0.15, 0.2) is 18.2 Å². The molecular formula is C14H16N2O3. The van der Waals surface area contributed by atoms with Crippen LogP contribution in [0.4, 0.5) is 0 Å². The molecule has 0 bridgehead atoms. The lowest BCUT2D eigenvalue weighted by atomic mass is 10.1. The Labute approximate surface area is 111 Å². The Kier molecular flexibility index (Phi) is 2.41. The highest BCUT2D eigenvalue weighted by atomic mass is 16.6. The van der Waals surface area contributed by atoms with E-state index in [2.05, 4.69) is 10.6 Å². The molecule has 19 heavy (non-hydrogen) atoms. The lowest BCUT2D eigenvalue weighted by Gasteiger charge is -2.20. The van der Waals surface area contributed by atoms with Gasteiger partial charge in [-0.25, -0.2) is 0 Å². The fourth-order valence-electron chi connectivity index (χ4n) is 3.11. The summed E-state index contributed by atoms with van der Waals surface area (Å²) in [5, 5.41) is 6.43. The van der Waals surface area contributed by atoms with Gasteiger partial charge in [-0.15, -0.1) is 0 Å². The molecule has 1 saturated heterocycles. The molecule has 2 N–H and O–H groups in total. The van der Waals surface area contributed by atoms with Gasteiger partial charge in [-0.1, -0.05) is 6.07 Å². The second-order valence-corrected chi connectivity index (χ2v) is 5.31. The molecule has 1 amide bonds. The van der Waals surface area contributed by atoms with Crippen LogP contribution in [-0.2, 0) is 0 Å². The molecule has 100 valence electrons. The average molecular weight is 260 g/mol. The van der Waals surface area contributed by atoms with Gasteiger partial charge in [-0.05, 0) is 24.0 Å². The van der Waals surface area contributed by atoms with Crippen LogP contribution in [0.5, 0.6) is 11.5 Å². The van der Waals surface area contributed by atoms with E-state index in [9.17, 15) is 4.79 Å². The van der Waals surface area contributed by atoms with Crippen LogP contribution in [0, 0.1) is 11.8 Å². The zero-order valence-electron chi connectivity index (χ0n) is 10.5. The Morgan fingerprint density at radius 2 is 2.00 bits per heavy atom. The number of rotatable bonds is 2. The molecule has 1 aromatic carbocycles. The number of piperidine rings is 1. The molecule has 0 spiro atoms. The fraction of sp³-hybridized carbons (Fsp3) is 0.500. The normalized spacial score (nSPS) is 30.6. The van der Waals surface area contributed by atoms with Gasteiger partial charge in [0.25, 0.3) is 5.91 Å². The number of nitrogens with one attached hydrogen (secondary N) is 2. The standard InChI is InChI=1S/C14H16N2O3/c17-14(16-12-9-6-15-7-10(9)12)8-2-1-3-11-13(8)19-5-4-18-11/h1-3,9-10,12,15H,4-7H2,(H,16,17)/t9-,10+,12?. The Balaban J connectivity index is 1.54. The van der Waals surface area contributed by atoms with Crippen molar-refractivity contribution in [2.75, 3.05) is 26.3 Å². The van der Waals surface area contributed by atoms with Crippen LogP contribution in [-0.4, -0.2) is 38.3 Å². The van der Waals surface area contributed by atoms with Gasteiger partial charge in [0.2, 0.25) is 0 Å². The largest absolute Gasteiger partial charge is 0.486 e. The molecule has 2 aliphatic heterocycles. The van der Waals surface area contributed by atoms with Crippen LogP contribution >= 0.6 is 0 Å². The highest BCUT2D eigenvalue weighted by Crippen LogP contribution is 2.42. The second-order valence-electron chi connectivity index (χ2n) is 5.31. The fourth-order valence-corrected chi connectivity index (χ4v) is 3.11. The predicted molar refractivity (Wildman–Crippen MR) is 68.5 cm³/mol. The van der Waals surface area contributed by atoms with E-state index in [1.165, 1.54) is 0 Å². The molecule has 2 fully saturated rings. The third-order valence-corrected chi connectivity index (χ3v) is 4.20. The van der Waals surface area contributed by atoms with E-state index >= 15 is 0 Å². The summed E-state index contributed by atoms with van der Waals surface area (Å²) in [6, 6.07) is 5.78. The summed E-state index contributed by atoms with van der Waals surface area (Å²) in [4.78, 5) is 12.3. The third-order valence-electron chi connectivity index (χ3n) is 4.20. The van der Waals surface area contributed by atoms with Gasteiger partial charge < -0.3 is 20.1 Å². The van der Waals surface area contributed by atoms with Gasteiger partial charge in [0.15, 0.2) is 11.5 Å². The van der Waals surface area contributed by atoms with Crippen molar-refractivity contribution in [1.29, 1.82) is 0 Å². The highest BCUT2D eigenvalue weighted by molar-refractivity contribution is 5.98. The Hall–Kier alpha value is -1.75. The molecule has 1 saturated carbocycles. The summed E-state index contributed by atoms with van der Waals surface area (Å²) >= 11 is 0. The van der Waals surface area contributed by atoms with E-state index in [0.717, 1.165) is 13.1 Å². The molecule has 4 rings (SSSR count). The summed E-state index contributed by atoms with van der Waals surface area (Å²) < 4.78 is 11.1. The summed E-state index contributed by atoms with van der Waals surface area (Å²) in [5.41, 5.74) is 0.579. The van der Waals surface area contributed by atoms with Gasteiger partial charge in [-0.2, -0.15) is 0 Å². The van der Waals surface area contributed by atoms with E-state index < -0.39 is 0 Å². The first-order valence-corrected chi connectivity index (χ1v) is 6.75. The Morgan fingerprint density at radius 3 is 2.84 bits per heavy atom. The van der Waals surface area contributed by atoms with Crippen molar-refractivity contribution in [3.63, 3.8) is 0 Å². The number of amides is 1. The van der Waals surface area contributed by atoms with Gasteiger partial charge in [0.05, 0.1) is 5.56 Å². The van der Waals surface area contributed by atoms with Crippen molar-refractivity contribution in [2.45, 2.75) is 6.04 Å². The maximum atomic E-state index is 12.3. The van der Waals surface area contributed by atoms with Crippen molar-refractivity contribution in [2.24, 2.45) is 11.8 Å². The zero-order valence-corrected chi connectivity index (χ0v) is 10.5. The maximum absolute atomic E-state index is 12.3. The zero-order chi connectivity index (χ0) is 12.8. The van der Waals surface area contributed by atoms with E-state index in [-0.39, 0.29) is 5.91 Å². The van der Waals surface area contributed by atoms with Crippen molar-refractivity contribution < 1.29 is 14.3 Å². The van der Waals surface area contributed by atoms with Crippen molar-refractivity contribution in [3.8, 4) is 11.5 Å². The van der Waals surface area contributed by atoms with Crippen LogP contribution in [0.25, 0.3) is 0 Å². The maximum Gasteiger partial charge on any atom is 0.255 e. The van der Waals surface area contributed by atoms with E-state index in [0.29, 0.717) is 48.2 Å². The van der Waals surface area contributed by atoms with Crippen LogP contribution in [0.2, 0.25) is 0 Å².